The molecule has 0 spiro atoms. The van der Waals surface area contributed by atoms with Crippen LogP contribution in [0.25, 0.3) is 0 Å². The summed E-state index contributed by atoms with van der Waals surface area (Å²) in [5.41, 5.74) is -1.25. The van der Waals surface area contributed by atoms with E-state index in [1.165, 1.54) is 16.7 Å². The first-order chi connectivity index (χ1) is 10.3. The first kappa shape index (κ1) is 18.5. The summed E-state index contributed by atoms with van der Waals surface area (Å²) in [7, 11) is 0. The van der Waals surface area contributed by atoms with E-state index in [1.54, 1.807) is 38.4 Å². The maximum Gasteiger partial charge on any atom is 1.00 e. The number of aliphatic carboxylic acids is 1. The number of carbonyl (C=O) groups is 2. The average Bonchev–Trinajstić information content (AvgIpc) is 2.72. The second-order valence-corrected chi connectivity index (χ2v) is 7.12. The Kier molecular flexibility index (Phi) is 5.27. The van der Waals surface area contributed by atoms with Gasteiger partial charge in [0, 0.05) is 28.6 Å². The number of carboxylic acids is 1. The van der Waals surface area contributed by atoms with Crippen LogP contribution in [0.15, 0.2) is 40.0 Å². The number of thioether (sulfide) groups is 1. The Labute approximate surface area is 160 Å². The van der Waals surface area contributed by atoms with Crippen LogP contribution in [0.3, 0.4) is 0 Å². The van der Waals surface area contributed by atoms with Crippen molar-refractivity contribution >= 4 is 23.6 Å². The molecule has 0 aliphatic carbocycles. The summed E-state index contributed by atoms with van der Waals surface area (Å²) >= 11 is 1.29. The van der Waals surface area contributed by atoms with Gasteiger partial charge in [0.1, 0.15) is 0 Å². The monoisotopic (exact) mass is 342 g/mol. The molecule has 1 fully saturated rings. The van der Waals surface area contributed by atoms with Crippen LogP contribution in [0.5, 0.6) is 0 Å². The van der Waals surface area contributed by atoms with Gasteiger partial charge in [0.2, 0.25) is 5.91 Å². The fraction of sp³-hybridized carbons (Fsp3) is 0.400. The number of carbonyl (C=O) groups excluding carboxylic acids is 2. The van der Waals surface area contributed by atoms with E-state index in [1.807, 2.05) is 0 Å². The molecule has 1 aromatic rings. The van der Waals surface area contributed by atoms with E-state index in [0.29, 0.717) is 11.3 Å². The fourth-order valence-electron chi connectivity index (χ4n) is 3.07. The summed E-state index contributed by atoms with van der Waals surface area (Å²) in [5, 5.41) is 21.6. The van der Waals surface area contributed by atoms with Crippen molar-refractivity contribution in [2.75, 3.05) is 0 Å². The van der Waals surface area contributed by atoms with Crippen LogP contribution in [0.4, 0.5) is 0 Å². The molecule has 0 bridgehead atoms. The average molecular weight is 342 g/mol. The molecule has 2 atom stereocenters. The molecule has 2 aliphatic heterocycles. The molecule has 1 unspecified atom stereocenters. The molecule has 6 nitrogen and oxygen atoms in total. The number of nitrogens with zero attached hydrogens (tertiary/aromatic N) is 2. The number of aliphatic hydroxyl groups is 1. The summed E-state index contributed by atoms with van der Waals surface area (Å²) in [4.78, 5) is 30.3. The second-order valence-electron chi connectivity index (χ2n) is 5.96. The van der Waals surface area contributed by atoms with Crippen molar-refractivity contribution in [3.05, 3.63) is 35.1 Å². The molecular weight excluding hydrogens is 327 g/mol. The number of rotatable bonds is 4. The van der Waals surface area contributed by atoms with Gasteiger partial charge in [0.05, 0.1) is 29.2 Å². The number of β-lactam (4-membered cyclic amide) rings is 1. The molecular formula is C15H15N2NaO4S. The molecule has 23 heavy (non-hydrogen) atoms. The molecule has 116 valence electrons. The van der Waals surface area contributed by atoms with Crippen LogP contribution in [0.1, 0.15) is 20.3 Å². The van der Waals surface area contributed by atoms with E-state index in [9.17, 15) is 19.8 Å². The Bertz CT molecular complexity index is 672. The normalized spacial score (nSPS) is 23.3. The number of hydrogen-bond acceptors (Lipinski definition) is 6. The van der Waals surface area contributed by atoms with Crippen molar-refractivity contribution in [1.29, 1.82) is 0 Å². The number of aromatic nitrogens is 1. The Morgan fingerprint density at radius 1 is 1.43 bits per heavy atom. The Balaban J connectivity index is 0.00000192. The Morgan fingerprint density at radius 3 is 2.57 bits per heavy atom. The minimum atomic E-state index is -1.36. The zero-order valence-corrected chi connectivity index (χ0v) is 16.0. The number of fused-ring (bicyclic) bond motifs is 1. The summed E-state index contributed by atoms with van der Waals surface area (Å²) in [6.07, 6.45) is 3.66. The standard InChI is InChI=1S/C15H16N2O4S.Na/c1-15(2,21)11-9-7-10(22-8-3-5-16-6-4-8)12(14(19)20)17(9)13(11)18;/h3-6,9,11,21H,7H2,1-2H3,(H,19,20);/q;+1/p-1/t9?,11-;/m0./s1. The third kappa shape index (κ3) is 3.21. The van der Waals surface area contributed by atoms with Crippen LogP contribution in [-0.4, -0.2) is 38.5 Å². The van der Waals surface area contributed by atoms with Gasteiger partial charge in [-0.3, -0.25) is 9.78 Å². The molecule has 3 rings (SSSR count). The second kappa shape index (κ2) is 6.57. The van der Waals surface area contributed by atoms with E-state index in [0.717, 1.165) is 4.90 Å². The van der Waals surface area contributed by atoms with Gasteiger partial charge in [0.25, 0.3) is 0 Å². The first-order valence-corrected chi connectivity index (χ1v) is 7.70. The maximum absolute atomic E-state index is 12.2. The van der Waals surface area contributed by atoms with E-state index >= 15 is 0 Å². The third-order valence-electron chi connectivity index (χ3n) is 3.96. The molecule has 0 saturated carbocycles. The SMILES string of the molecule is CC(C)(O)[C@@H]1C(=O)N2C(C(=O)[O-])=C(Sc3ccncc3)CC12.[Na+]. The van der Waals surface area contributed by atoms with E-state index < -0.39 is 17.5 Å². The predicted octanol–water partition coefficient (Wildman–Crippen LogP) is -2.86. The minimum absolute atomic E-state index is 0. The van der Waals surface area contributed by atoms with Gasteiger partial charge in [0.15, 0.2) is 0 Å². The number of carboxylic acid groups (broad SMARTS) is 1. The molecule has 3 heterocycles. The summed E-state index contributed by atoms with van der Waals surface area (Å²) in [6.45, 7) is 3.14. The number of amides is 1. The van der Waals surface area contributed by atoms with Gasteiger partial charge < -0.3 is 19.9 Å². The molecule has 1 saturated heterocycles. The van der Waals surface area contributed by atoms with Gasteiger partial charge in [-0.2, -0.15) is 0 Å². The molecule has 8 heteroatoms. The van der Waals surface area contributed by atoms with Crippen LogP contribution in [0, 0.1) is 5.92 Å². The van der Waals surface area contributed by atoms with Gasteiger partial charge >= 0.3 is 29.6 Å². The molecule has 1 amide bonds. The number of pyridine rings is 1. The van der Waals surface area contributed by atoms with Crippen LogP contribution >= 0.6 is 11.8 Å². The van der Waals surface area contributed by atoms with Crippen LogP contribution < -0.4 is 34.7 Å². The van der Waals surface area contributed by atoms with E-state index in [-0.39, 0.29) is 47.2 Å². The van der Waals surface area contributed by atoms with Crippen molar-refractivity contribution in [3.63, 3.8) is 0 Å². The number of hydrogen-bond donors (Lipinski definition) is 1. The van der Waals surface area contributed by atoms with Gasteiger partial charge in [-0.15, -0.1) is 0 Å². The minimum Gasteiger partial charge on any atom is -0.543 e. The summed E-state index contributed by atoms with van der Waals surface area (Å²) in [6, 6.07) is 3.23. The zero-order valence-electron chi connectivity index (χ0n) is 13.1. The van der Waals surface area contributed by atoms with Crippen LogP contribution in [0.2, 0.25) is 0 Å². The Morgan fingerprint density at radius 2 is 2.04 bits per heavy atom. The molecule has 2 aliphatic rings. The van der Waals surface area contributed by atoms with Gasteiger partial charge in [-0.05, 0) is 26.0 Å². The van der Waals surface area contributed by atoms with Crippen molar-refractivity contribution in [2.24, 2.45) is 5.92 Å². The molecule has 0 radical (unpaired) electrons. The van der Waals surface area contributed by atoms with Crippen molar-refractivity contribution in [2.45, 2.75) is 36.8 Å². The zero-order chi connectivity index (χ0) is 16.1. The smallest absolute Gasteiger partial charge is 0.543 e. The predicted molar refractivity (Wildman–Crippen MR) is 77.2 cm³/mol. The maximum atomic E-state index is 12.2. The van der Waals surface area contributed by atoms with Crippen molar-refractivity contribution < 1.29 is 49.4 Å². The topological polar surface area (TPSA) is 93.6 Å². The Hall–Kier alpha value is -0.860. The van der Waals surface area contributed by atoms with Gasteiger partial charge in [-0.1, -0.05) is 11.8 Å². The van der Waals surface area contributed by atoms with E-state index in [2.05, 4.69) is 4.98 Å². The summed E-state index contributed by atoms with van der Waals surface area (Å²) < 4.78 is 0. The molecule has 0 aromatic carbocycles. The molecule has 1 N–H and O–H groups in total. The summed E-state index contributed by atoms with van der Waals surface area (Å²) in [5.74, 6) is -2.30. The largest absolute Gasteiger partial charge is 1.00 e. The van der Waals surface area contributed by atoms with E-state index in [4.69, 9.17) is 0 Å². The third-order valence-corrected chi connectivity index (χ3v) is 5.08. The van der Waals surface area contributed by atoms with Crippen molar-refractivity contribution in [3.8, 4) is 0 Å². The van der Waals surface area contributed by atoms with Crippen molar-refractivity contribution in [1.82, 2.24) is 9.88 Å². The first-order valence-electron chi connectivity index (χ1n) is 6.88. The molecule has 1 aromatic heterocycles. The van der Waals surface area contributed by atoms with Gasteiger partial charge in [-0.25, -0.2) is 0 Å². The quantitative estimate of drug-likeness (QED) is 0.467. The fourth-order valence-corrected chi connectivity index (χ4v) is 4.15. The van der Waals surface area contributed by atoms with Crippen LogP contribution in [-0.2, 0) is 9.59 Å².